The minimum absolute atomic E-state index is 0.249. The van der Waals surface area contributed by atoms with Crippen LogP contribution in [-0.4, -0.2) is 27.5 Å². The fraction of sp³-hybridized carbons (Fsp3) is 0.294. The third-order valence-corrected chi connectivity index (χ3v) is 3.92. The first kappa shape index (κ1) is 21.7. The van der Waals surface area contributed by atoms with Crippen molar-refractivity contribution >= 4 is 17.3 Å². The van der Waals surface area contributed by atoms with Gasteiger partial charge in [-0.15, -0.1) is 0 Å². The maximum Gasteiger partial charge on any atom is 0.276 e. The molecule has 1 aromatic carbocycles. The molecule has 3 rings (SSSR count). The third kappa shape index (κ3) is 5.00. The van der Waals surface area contributed by atoms with Crippen molar-refractivity contribution in [1.29, 1.82) is 0 Å². The summed E-state index contributed by atoms with van der Waals surface area (Å²) >= 11 is 0. The number of H-pyrrole nitrogens is 1. The molecule has 0 radical (unpaired) electrons. The lowest BCUT2D eigenvalue weighted by atomic mass is 10.1. The highest BCUT2D eigenvalue weighted by Gasteiger charge is 2.30. The molecule has 29 heavy (non-hydrogen) atoms. The fourth-order valence-electron chi connectivity index (χ4n) is 2.53. The summed E-state index contributed by atoms with van der Waals surface area (Å²) < 4.78 is 10.8. The molecule has 12 nitrogen and oxygen atoms in total. The van der Waals surface area contributed by atoms with Crippen LogP contribution in [0.15, 0.2) is 24.4 Å². The van der Waals surface area contributed by atoms with Gasteiger partial charge in [0.25, 0.3) is 11.4 Å². The Labute approximate surface area is 163 Å². The number of carbonyl (C=O) groups excluding carboxylic acids is 1. The Kier molecular flexibility index (Phi) is 6.75. The summed E-state index contributed by atoms with van der Waals surface area (Å²) in [6.45, 7) is 4.78. The zero-order valence-electron chi connectivity index (χ0n) is 15.4. The molecule has 2 N–H and O–H groups in total. The molecule has 2 heterocycles. The summed E-state index contributed by atoms with van der Waals surface area (Å²) in [5.41, 5.74) is 0.538. The second kappa shape index (κ2) is 9.03. The Bertz CT molecular complexity index is 880. The number of ether oxygens (including phenoxy) is 2. The van der Waals surface area contributed by atoms with Crippen LogP contribution < -0.4 is 10.1 Å². The number of aromatic carboxylic acids is 1. The molecule has 0 bridgehead atoms. The van der Waals surface area contributed by atoms with Crippen LogP contribution in [0.3, 0.4) is 0 Å². The van der Waals surface area contributed by atoms with Gasteiger partial charge in [-0.2, -0.15) is 0 Å². The number of hydrogen-bond donors (Lipinski definition) is 1. The van der Waals surface area contributed by atoms with Gasteiger partial charge in [0.15, 0.2) is 18.2 Å². The van der Waals surface area contributed by atoms with Gasteiger partial charge in [0, 0.05) is 31.2 Å². The minimum atomic E-state index is -1.71. The van der Waals surface area contributed by atoms with Gasteiger partial charge in [0.1, 0.15) is 0 Å². The number of pyridine rings is 1. The Morgan fingerprint density at radius 1 is 1.28 bits per heavy atom. The molecule has 0 saturated carbocycles. The summed E-state index contributed by atoms with van der Waals surface area (Å²) in [6.07, 6.45) is 1.44. The number of aromatic hydroxyl groups is 1. The van der Waals surface area contributed by atoms with Crippen LogP contribution in [0.1, 0.15) is 40.4 Å². The SMILES string of the molecule is CCOC1OCc2c[nH+]c(C)c(O)c21.O=C([O-])c1cc([N+](=O)[O-])cc([N+](=O)[O-])c1. The van der Waals surface area contributed by atoms with Crippen molar-refractivity contribution < 1.29 is 39.3 Å². The lowest BCUT2D eigenvalue weighted by molar-refractivity contribution is -0.394. The standard InChI is InChI=1S/C10H13NO3.C7H4N2O6/c1-3-13-10-8-7(5-14-10)4-11-6(2)9(8)12;10-7(11)4-1-5(8(12)13)3-6(2-4)9(14)15/h4,10,12H,3,5H2,1-2H3;1-3H,(H,10,11). The number of aryl methyl sites for hydroxylation is 1. The average Bonchev–Trinajstić information content (AvgIpc) is 3.08. The number of carbonyl (C=O) groups is 1. The first-order valence-electron chi connectivity index (χ1n) is 8.27. The van der Waals surface area contributed by atoms with Crippen LogP contribution in [0.2, 0.25) is 0 Å². The summed E-state index contributed by atoms with van der Waals surface area (Å²) in [7, 11) is 0. The number of nitrogens with zero attached hydrogens (tertiary/aromatic N) is 2. The number of fused-ring (bicyclic) bond motifs is 1. The maximum atomic E-state index is 10.4. The molecule has 1 atom stereocenters. The number of carboxylic acid groups (broad SMARTS) is 1. The first-order chi connectivity index (χ1) is 13.6. The van der Waals surface area contributed by atoms with Gasteiger partial charge in [-0.3, -0.25) is 20.2 Å². The Balaban J connectivity index is 0.000000207. The van der Waals surface area contributed by atoms with Gasteiger partial charge in [-0.05, 0) is 6.92 Å². The molecule has 1 aromatic heterocycles. The number of aromatic amines is 1. The van der Waals surface area contributed by atoms with Gasteiger partial charge in [-0.1, -0.05) is 0 Å². The number of carboxylic acids is 1. The molecule has 2 aromatic rings. The van der Waals surface area contributed by atoms with E-state index in [1.807, 2.05) is 20.0 Å². The average molecular weight is 407 g/mol. The largest absolute Gasteiger partial charge is 0.545 e. The Morgan fingerprint density at radius 2 is 1.86 bits per heavy atom. The van der Waals surface area contributed by atoms with E-state index in [4.69, 9.17) is 9.47 Å². The van der Waals surface area contributed by atoms with Crippen LogP contribution in [0.4, 0.5) is 11.4 Å². The predicted molar refractivity (Wildman–Crippen MR) is 92.6 cm³/mol. The zero-order chi connectivity index (χ0) is 21.7. The van der Waals surface area contributed by atoms with Crippen molar-refractivity contribution in [3.8, 4) is 5.75 Å². The first-order valence-corrected chi connectivity index (χ1v) is 8.27. The minimum Gasteiger partial charge on any atom is -0.545 e. The molecule has 1 aliphatic rings. The summed E-state index contributed by atoms with van der Waals surface area (Å²) in [5, 5.41) is 40.9. The lowest BCUT2D eigenvalue weighted by Crippen LogP contribution is -2.22. The van der Waals surface area contributed by atoms with Gasteiger partial charge in [0.05, 0.1) is 39.6 Å². The topological polar surface area (TPSA) is 179 Å². The maximum absolute atomic E-state index is 10.4. The van der Waals surface area contributed by atoms with Crippen molar-refractivity contribution in [2.45, 2.75) is 26.7 Å². The van der Waals surface area contributed by atoms with E-state index in [9.17, 15) is 35.2 Å². The van der Waals surface area contributed by atoms with Gasteiger partial charge in [0.2, 0.25) is 5.69 Å². The summed E-state index contributed by atoms with van der Waals surface area (Å²) in [4.78, 5) is 32.2. The predicted octanol–water partition coefficient (Wildman–Crippen LogP) is 0.947. The molecule has 154 valence electrons. The van der Waals surface area contributed by atoms with Crippen LogP contribution >= 0.6 is 0 Å². The number of nitro benzene ring substituents is 2. The normalized spacial score (nSPS) is 14.5. The molecule has 0 fully saturated rings. The van der Waals surface area contributed by atoms with E-state index in [2.05, 4.69) is 4.98 Å². The smallest absolute Gasteiger partial charge is 0.276 e. The molecule has 1 unspecified atom stereocenters. The van der Waals surface area contributed by atoms with Gasteiger partial charge >= 0.3 is 0 Å². The Morgan fingerprint density at radius 3 is 2.34 bits per heavy atom. The highest BCUT2D eigenvalue weighted by atomic mass is 16.7. The molecule has 0 aliphatic carbocycles. The van der Waals surface area contributed by atoms with Crippen LogP contribution in [-0.2, 0) is 16.1 Å². The van der Waals surface area contributed by atoms with Gasteiger partial charge in [-0.25, -0.2) is 4.98 Å². The van der Waals surface area contributed by atoms with Crippen molar-refractivity contribution in [2.75, 3.05) is 6.61 Å². The van der Waals surface area contributed by atoms with Crippen molar-refractivity contribution in [3.05, 3.63) is 67.0 Å². The number of benzene rings is 1. The number of rotatable bonds is 5. The molecule has 0 spiro atoms. The third-order valence-electron chi connectivity index (χ3n) is 3.92. The number of nitrogens with one attached hydrogen (secondary N) is 1. The molecular formula is C17H17N3O9. The van der Waals surface area contributed by atoms with Crippen LogP contribution in [0, 0.1) is 27.2 Å². The summed E-state index contributed by atoms with van der Waals surface area (Å²) in [6, 6.07) is 2.07. The van der Waals surface area contributed by atoms with Crippen molar-refractivity contribution in [2.24, 2.45) is 0 Å². The van der Waals surface area contributed by atoms with Gasteiger partial charge < -0.3 is 24.5 Å². The molecule has 1 aliphatic heterocycles. The fourth-order valence-corrected chi connectivity index (χ4v) is 2.53. The van der Waals surface area contributed by atoms with E-state index in [-0.39, 0.29) is 5.75 Å². The van der Waals surface area contributed by atoms with E-state index < -0.39 is 39.0 Å². The number of nitro groups is 2. The van der Waals surface area contributed by atoms with E-state index in [0.717, 1.165) is 16.8 Å². The highest BCUT2D eigenvalue weighted by Crippen LogP contribution is 2.37. The zero-order valence-corrected chi connectivity index (χ0v) is 15.4. The number of aromatic nitrogens is 1. The second-order valence-electron chi connectivity index (χ2n) is 5.84. The quantitative estimate of drug-likeness (QED) is 0.557. The van der Waals surface area contributed by atoms with E-state index in [1.54, 1.807) is 0 Å². The summed E-state index contributed by atoms with van der Waals surface area (Å²) in [5.74, 6) is -1.46. The monoisotopic (exact) mass is 407 g/mol. The number of hydrogen-bond acceptors (Lipinski definition) is 9. The van der Waals surface area contributed by atoms with Crippen LogP contribution in [0.5, 0.6) is 5.75 Å². The molecule has 12 heteroatoms. The van der Waals surface area contributed by atoms with E-state index in [1.165, 1.54) is 0 Å². The van der Waals surface area contributed by atoms with E-state index in [0.29, 0.717) is 31.4 Å². The molecule has 0 amide bonds. The molecular weight excluding hydrogens is 390 g/mol. The van der Waals surface area contributed by atoms with Crippen molar-refractivity contribution in [1.82, 2.24) is 0 Å². The van der Waals surface area contributed by atoms with E-state index >= 15 is 0 Å². The van der Waals surface area contributed by atoms with Crippen LogP contribution in [0.25, 0.3) is 0 Å². The van der Waals surface area contributed by atoms with Crippen molar-refractivity contribution in [3.63, 3.8) is 0 Å². The second-order valence-corrected chi connectivity index (χ2v) is 5.84. The molecule has 0 saturated heterocycles. The number of non-ortho nitro benzene ring substituents is 2. The lowest BCUT2D eigenvalue weighted by Gasteiger charge is -2.11. The highest BCUT2D eigenvalue weighted by molar-refractivity contribution is 5.87. The Hall–Kier alpha value is -3.64.